The lowest BCUT2D eigenvalue weighted by molar-refractivity contribution is -0.137. The summed E-state index contributed by atoms with van der Waals surface area (Å²) in [6.07, 6.45) is 4.51. The Morgan fingerprint density at radius 3 is 2.41 bits per heavy atom. The van der Waals surface area contributed by atoms with Crippen molar-refractivity contribution in [3.05, 3.63) is 11.6 Å². The van der Waals surface area contributed by atoms with E-state index in [-0.39, 0.29) is 11.6 Å². The van der Waals surface area contributed by atoms with Crippen LogP contribution >= 0.6 is 0 Å². The molecule has 3 nitrogen and oxygen atoms in total. The zero-order chi connectivity index (χ0) is 13.3. The van der Waals surface area contributed by atoms with Crippen LogP contribution in [0, 0.1) is 0 Å². The number of hydrogen-bond acceptors (Lipinski definition) is 3. The van der Waals surface area contributed by atoms with Crippen LogP contribution in [-0.2, 0) is 14.3 Å². The van der Waals surface area contributed by atoms with Crippen molar-refractivity contribution in [3.8, 4) is 0 Å². The monoisotopic (exact) mass is 242 g/mol. The molecule has 3 heteroatoms. The first-order valence-corrected chi connectivity index (χ1v) is 6.39. The molecule has 0 atom stereocenters. The highest BCUT2D eigenvalue weighted by Gasteiger charge is 2.16. The summed E-state index contributed by atoms with van der Waals surface area (Å²) in [6.45, 7) is 11.1. The van der Waals surface area contributed by atoms with Crippen molar-refractivity contribution in [2.75, 3.05) is 13.2 Å². The highest BCUT2D eigenvalue weighted by Crippen LogP contribution is 2.19. The summed E-state index contributed by atoms with van der Waals surface area (Å²) in [4.78, 5) is 11.2. The van der Waals surface area contributed by atoms with E-state index >= 15 is 0 Å². The molecule has 0 fully saturated rings. The fourth-order valence-corrected chi connectivity index (χ4v) is 1.71. The molecule has 0 aromatic rings. The molecule has 0 aliphatic heterocycles. The maximum Gasteiger partial charge on any atom is 0.330 e. The molecule has 0 saturated heterocycles. The van der Waals surface area contributed by atoms with Gasteiger partial charge in [-0.25, -0.2) is 4.79 Å². The third-order valence-corrected chi connectivity index (χ3v) is 2.54. The van der Waals surface area contributed by atoms with Gasteiger partial charge in [-0.3, -0.25) is 0 Å². The van der Waals surface area contributed by atoms with Crippen molar-refractivity contribution in [1.29, 1.82) is 0 Å². The van der Waals surface area contributed by atoms with Crippen LogP contribution in [0.4, 0.5) is 0 Å². The van der Waals surface area contributed by atoms with E-state index in [1.807, 2.05) is 20.8 Å². The Morgan fingerprint density at radius 1 is 1.24 bits per heavy atom. The minimum Gasteiger partial charge on any atom is -0.463 e. The smallest absolute Gasteiger partial charge is 0.330 e. The average molecular weight is 242 g/mol. The predicted octanol–water partition coefficient (Wildman–Crippen LogP) is 3.48. The first-order valence-electron chi connectivity index (χ1n) is 6.39. The Hall–Kier alpha value is -0.830. The number of carbonyl (C=O) groups excluding carboxylic acids is 1. The zero-order valence-corrected chi connectivity index (χ0v) is 11.8. The molecule has 0 rings (SSSR count). The molecule has 0 spiro atoms. The van der Waals surface area contributed by atoms with Crippen LogP contribution in [0.5, 0.6) is 0 Å². The van der Waals surface area contributed by atoms with Crippen molar-refractivity contribution in [2.24, 2.45) is 0 Å². The predicted molar refractivity (Wildman–Crippen MR) is 69.9 cm³/mol. The van der Waals surface area contributed by atoms with Gasteiger partial charge in [-0.05, 0) is 53.9 Å². The fraction of sp³-hybridized carbons (Fsp3) is 0.786. The van der Waals surface area contributed by atoms with Crippen LogP contribution in [0.3, 0.4) is 0 Å². The molecular formula is C14H26O3. The molecule has 0 amide bonds. The van der Waals surface area contributed by atoms with Gasteiger partial charge in [0.2, 0.25) is 0 Å². The molecule has 0 bridgehead atoms. The van der Waals surface area contributed by atoms with E-state index in [0.717, 1.165) is 31.4 Å². The van der Waals surface area contributed by atoms with Crippen LogP contribution in [0.15, 0.2) is 11.6 Å². The van der Waals surface area contributed by atoms with Crippen LogP contribution in [0.1, 0.15) is 53.9 Å². The van der Waals surface area contributed by atoms with Gasteiger partial charge in [-0.15, -0.1) is 0 Å². The van der Waals surface area contributed by atoms with Crippen LogP contribution in [-0.4, -0.2) is 24.8 Å². The van der Waals surface area contributed by atoms with Crippen LogP contribution < -0.4 is 0 Å². The summed E-state index contributed by atoms with van der Waals surface area (Å²) < 4.78 is 10.5. The minimum atomic E-state index is -0.242. The van der Waals surface area contributed by atoms with Crippen molar-refractivity contribution in [1.82, 2.24) is 0 Å². The maximum absolute atomic E-state index is 11.2. The zero-order valence-electron chi connectivity index (χ0n) is 11.8. The first-order chi connectivity index (χ1) is 7.91. The van der Waals surface area contributed by atoms with Crippen molar-refractivity contribution in [2.45, 2.75) is 59.5 Å². The summed E-state index contributed by atoms with van der Waals surface area (Å²) in [7, 11) is 0. The first kappa shape index (κ1) is 16.2. The van der Waals surface area contributed by atoms with Gasteiger partial charge in [0, 0.05) is 12.7 Å². The van der Waals surface area contributed by atoms with E-state index in [1.165, 1.54) is 0 Å². The van der Waals surface area contributed by atoms with E-state index < -0.39 is 0 Å². The second kappa shape index (κ2) is 8.29. The molecule has 0 unspecified atom stereocenters. The molecule has 0 radical (unpaired) electrons. The summed E-state index contributed by atoms with van der Waals surface area (Å²) in [5.74, 6) is -0.242. The van der Waals surface area contributed by atoms with E-state index in [4.69, 9.17) is 9.47 Å². The lowest BCUT2D eigenvalue weighted by Crippen LogP contribution is -2.24. The quantitative estimate of drug-likeness (QED) is 0.483. The average Bonchev–Trinajstić information content (AvgIpc) is 2.16. The van der Waals surface area contributed by atoms with E-state index in [2.05, 4.69) is 13.8 Å². The molecule has 0 heterocycles. The highest BCUT2D eigenvalue weighted by atomic mass is 16.5. The maximum atomic E-state index is 11.2. The topological polar surface area (TPSA) is 35.5 Å². The van der Waals surface area contributed by atoms with Gasteiger partial charge in [0.05, 0.1) is 12.2 Å². The molecule has 100 valence electrons. The largest absolute Gasteiger partial charge is 0.463 e. The molecule has 0 aromatic carbocycles. The van der Waals surface area contributed by atoms with Gasteiger partial charge in [0.25, 0.3) is 0 Å². The number of rotatable bonds is 8. The number of carbonyl (C=O) groups is 1. The van der Waals surface area contributed by atoms with Gasteiger partial charge in [0.1, 0.15) is 0 Å². The molecule has 0 aliphatic carbocycles. The second-order valence-electron chi connectivity index (χ2n) is 4.79. The van der Waals surface area contributed by atoms with Crippen LogP contribution in [0.25, 0.3) is 0 Å². The summed E-state index contributed by atoms with van der Waals surface area (Å²) in [6, 6.07) is 0. The van der Waals surface area contributed by atoms with Crippen LogP contribution in [0.2, 0.25) is 0 Å². The van der Waals surface area contributed by atoms with Gasteiger partial charge in [-0.1, -0.05) is 5.57 Å². The van der Waals surface area contributed by atoms with Gasteiger partial charge >= 0.3 is 5.97 Å². The van der Waals surface area contributed by atoms with E-state index in [9.17, 15) is 4.79 Å². The molecule has 0 saturated carbocycles. The Kier molecular flexibility index (Phi) is 7.88. The van der Waals surface area contributed by atoms with Crippen molar-refractivity contribution < 1.29 is 14.3 Å². The SMILES string of the molecule is CCOC(=O)C=C(C)CCCC(C)(C)OCC. The third-order valence-electron chi connectivity index (χ3n) is 2.54. The van der Waals surface area contributed by atoms with Gasteiger partial charge in [0.15, 0.2) is 0 Å². The summed E-state index contributed by atoms with van der Waals surface area (Å²) in [5.41, 5.74) is 0.995. The van der Waals surface area contributed by atoms with E-state index in [0.29, 0.717) is 6.61 Å². The number of esters is 1. The fourth-order valence-electron chi connectivity index (χ4n) is 1.71. The number of hydrogen-bond donors (Lipinski definition) is 0. The second-order valence-corrected chi connectivity index (χ2v) is 4.79. The number of ether oxygens (including phenoxy) is 2. The standard InChI is InChI=1S/C14H26O3/c1-6-16-13(15)11-12(3)9-8-10-14(4,5)17-7-2/h11H,6-10H2,1-5H3. The lowest BCUT2D eigenvalue weighted by Gasteiger charge is -2.24. The molecular weight excluding hydrogens is 216 g/mol. The Morgan fingerprint density at radius 2 is 1.88 bits per heavy atom. The Balaban J connectivity index is 3.92. The molecule has 17 heavy (non-hydrogen) atoms. The van der Waals surface area contributed by atoms with Crippen molar-refractivity contribution in [3.63, 3.8) is 0 Å². The van der Waals surface area contributed by atoms with Crippen molar-refractivity contribution >= 4 is 5.97 Å². The summed E-state index contributed by atoms with van der Waals surface area (Å²) in [5, 5.41) is 0. The molecule has 0 aliphatic rings. The normalized spacial score (nSPS) is 12.6. The Labute approximate surface area is 105 Å². The Bertz CT molecular complexity index is 254. The molecule has 0 N–H and O–H groups in total. The summed E-state index contributed by atoms with van der Waals surface area (Å²) >= 11 is 0. The van der Waals surface area contributed by atoms with Gasteiger partial charge in [-0.2, -0.15) is 0 Å². The number of allylic oxidation sites excluding steroid dienone is 1. The van der Waals surface area contributed by atoms with E-state index in [1.54, 1.807) is 6.08 Å². The van der Waals surface area contributed by atoms with Gasteiger partial charge < -0.3 is 9.47 Å². The highest BCUT2D eigenvalue weighted by molar-refractivity contribution is 5.82. The minimum absolute atomic E-state index is 0.0705. The molecule has 0 aromatic heterocycles. The third kappa shape index (κ3) is 8.93. The lowest BCUT2D eigenvalue weighted by atomic mass is 9.99.